The molecule has 0 N–H and O–H groups in total. The maximum atomic E-state index is 13.1. The van der Waals surface area contributed by atoms with Gasteiger partial charge in [-0.2, -0.15) is 0 Å². The number of anilines is 2. The molecule has 3 amide bonds. The first-order chi connectivity index (χ1) is 16.2. The summed E-state index contributed by atoms with van der Waals surface area (Å²) >= 11 is 0. The van der Waals surface area contributed by atoms with Crippen LogP contribution in [0.15, 0.2) is 54.9 Å². The van der Waals surface area contributed by atoms with E-state index in [9.17, 15) is 14.4 Å². The first-order valence-electron chi connectivity index (χ1n) is 11.3. The van der Waals surface area contributed by atoms with E-state index in [4.69, 9.17) is 4.74 Å². The third kappa shape index (κ3) is 3.75. The third-order valence-electron chi connectivity index (χ3n) is 6.08. The minimum atomic E-state index is -0.530. The summed E-state index contributed by atoms with van der Waals surface area (Å²) in [7, 11) is 0. The zero-order valence-corrected chi connectivity index (χ0v) is 19.4. The van der Waals surface area contributed by atoms with E-state index < -0.39 is 5.60 Å². The minimum Gasteiger partial charge on any atom is -0.444 e. The van der Waals surface area contributed by atoms with Crippen LogP contribution >= 0.6 is 0 Å². The lowest BCUT2D eigenvalue weighted by Crippen LogP contribution is -2.50. The van der Waals surface area contributed by atoms with Gasteiger partial charge >= 0.3 is 6.09 Å². The van der Waals surface area contributed by atoms with Gasteiger partial charge in [-0.05, 0) is 51.1 Å². The number of aromatic nitrogens is 1. The number of amides is 3. The van der Waals surface area contributed by atoms with Gasteiger partial charge in [-0.25, -0.2) is 9.69 Å². The van der Waals surface area contributed by atoms with Gasteiger partial charge in [0.1, 0.15) is 5.60 Å². The van der Waals surface area contributed by atoms with Gasteiger partial charge in [0.2, 0.25) is 0 Å². The third-order valence-corrected chi connectivity index (χ3v) is 6.08. The Bertz CT molecular complexity index is 1270. The average molecular weight is 459 g/mol. The summed E-state index contributed by atoms with van der Waals surface area (Å²) in [5.41, 5.74) is 1.78. The Labute approximate surface area is 197 Å². The highest BCUT2D eigenvalue weighted by Gasteiger charge is 2.37. The molecule has 2 aliphatic heterocycles. The summed E-state index contributed by atoms with van der Waals surface area (Å²) in [5.74, 6) is -0.658. The molecule has 0 unspecified atom stereocenters. The van der Waals surface area contributed by atoms with Crippen molar-refractivity contribution in [2.45, 2.75) is 26.4 Å². The molecule has 0 atom stereocenters. The fourth-order valence-corrected chi connectivity index (χ4v) is 4.49. The quantitative estimate of drug-likeness (QED) is 0.538. The molecule has 0 bridgehead atoms. The molecule has 2 aromatic carbocycles. The first-order valence-corrected chi connectivity index (χ1v) is 11.3. The van der Waals surface area contributed by atoms with Gasteiger partial charge in [-0.15, -0.1) is 0 Å². The van der Waals surface area contributed by atoms with Crippen LogP contribution in [0, 0.1) is 0 Å². The van der Waals surface area contributed by atoms with E-state index in [-0.39, 0.29) is 17.9 Å². The molecular formula is C26H26N4O4. The van der Waals surface area contributed by atoms with Gasteiger partial charge < -0.3 is 14.5 Å². The number of hydrogen-bond acceptors (Lipinski definition) is 6. The lowest BCUT2D eigenvalue weighted by Gasteiger charge is -2.37. The van der Waals surface area contributed by atoms with Gasteiger partial charge in [-0.3, -0.25) is 14.6 Å². The van der Waals surface area contributed by atoms with Crippen molar-refractivity contribution < 1.29 is 19.1 Å². The van der Waals surface area contributed by atoms with Crippen molar-refractivity contribution >= 4 is 40.1 Å². The molecule has 0 aliphatic carbocycles. The summed E-state index contributed by atoms with van der Waals surface area (Å²) in [6, 6.07) is 12.5. The normalized spacial score (nSPS) is 16.3. The number of carbonyl (C=O) groups is 3. The van der Waals surface area contributed by atoms with E-state index in [1.807, 2.05) is 32.9 Å². The van der Waals surface area contributed by atoms with Crippen molar-refractivity contribution in [3.8, 4) is 0 Å². The molecule has 34 heavy (non-hydrogen) atoms. The van der Waals surface area contributed by atoms with E-state index in [1.165, 1.54) is 4.90 Å². The van der Waals surface area contributed by atoms with E-state index in [0.717, 1.165) is 16.5 Å². The molecule has 3 aromatic rings. The van der Waals surface area contributed by atoms with Crippen molar-refractivity contribution in [2.75, 3.05) is 36.0 Å². The zero-order chi connectivity index (χ0) is 24.0. The predicted octanol–water partition coefficient (Wildman–Crippen LogP) is 4.09. The van der Waals surface area contributed by atoms with Crippen molar-refractivity contribution in [1.82, 2.24) is 9.88 Å². The average Bonchev–Trinajstić information content (AvgIpc) is 3.07. The molecule has 1 aromatic heterocycles. The van der Waals surface area contributed by atoms with Crippen LogP contribution in [0.25, 0.3) is 10.8 Å². The summed E-state index contributed by atoms with van der Waals surface area (Å²) < 4.78 is 5.50. The Morgan fingerprint density at radius 2 is 1.47 bits per heavy atom. The number of fused-ring (bicyclic) bond motifs is 2. The number of ether oxygens (including phenoxy) is 1. The molecule has 3 heterocycles. The van der Waals surface area contributed by atoms with E-state index in [0.29, 0.717) is 43.0 Å². The zero-order valence-electron chi connectivity index (χ0n) is 19.4. The minimum absolute atomic E-state index is 0.304. The molecule has 1 saturated heterocycles. The Hall–Kier alpha value is -3.94. The fraction of sp³-hybridized carbons (Fsp3) is 0.308. The highest BCUT2D eigenvalue weighted by atomic mass is 16.6. The van der Waals surface area contributed by atoms with Crippen LogP contribution in [0.5, 0.6) is 0 Å². The molecule has 8 heteroatoms. The summed E-state index contributed by atoms with van der Waals surface area (Å²) in [5, 5.41) is 1.62. The predicted molar refractivity (Wildman–Crippen MR) is 129 cm³/mol. The molecule has 0 spiro atoms. The van der Waals surface area contributed by atoms with Crippen molar-refractivity contribution in [3.63, 3.8) is 0 Å². The Kier molecular flexibility index (Phi) is 5.23. The van der Waals surface area contributed by atoms with Crippen LogP contribution in [-0.2, 0) is 4.74 Å². The SMILES string of the molecule is CC(C)(C)OC(=O)N1CCN(c2ccc(N3C(=O)c4ccccc4C3=O)c3cnccc23)CC1. The molecule has 174 valence electrons. The number of rotatable bonds is 2. The lowest BCUT2D eigenvalue weighted by molar-refractivity contribution is 0.0240. The smallest absolute Gasteiger partial charge is 0.410 e. The van der Waals surface area contributed by atoms with Gasteiger partial charge in [0.15, 0.2) is 0 Å². The number of imide groups is 1. The standard InChI is InChI=1S/C26H26N4O4/c1-26(2,3)34-25(33)29-14-12-28(13-15-29)21-8-9-22(20-16-27-11-10-17(20)21)30-23(31)18-6-4-5-7-19(18)24(30)32/h4-11,16H,12-15H2,1-3H3. The van der Waals surface area contributed by atoms with Crippen molar-refractivity contribution in [3.05, 3.63) is 66.0 Å². The molecule has 2 aliphatic rings. The topological polar surface area (TPSA) is 83.0 Å². The first kappa shape index (κ1) is 21.9. The second-order valence-electron chi connectivity index (χ2n) is 9.47. The fourth-order valence-electron chi connectivity index (χ4n) is 4.49. The van der Waals surface area contributed by atoms with Crippen molar-refractivity contribution in [2.24, 2.45) is 0 Å². The number of benzene rings is 2. The molecule has 8 nitrogen and oxygen atoms in total. The number of carbonyl (C=O) groups excluding carboxylic acids is 3. The summed E-state index contributed by atoms with van der Waals surface area (Å²) in [4.78, 5) is 48.0. The number of hydrogen-bond donors (Lipinski definition) is 0. The summed E-state index contributed by atoms with van der Waals surface area (Å²) in [6.07, 6.45) is 3.09. The molecule has 5 rings (SSSR count). The summed E-state index contributed by atoms with van der Waals surface area (Å²) in [6.45, 7) is 7.95. The van der Waals surface area contributed by atoms with Crippen LogP contribution in [-0.4, -0.2) is 59.6 Å². The highest BCUT2D eigenvalue weighted by Crippen LogP contribution is 2.37. The van der Waals surface area contributed by atoms with E-state index >= 15 is 0 Å². The van der Waals surface area contributed by atoms with Gasteiger partial charge in [-0.1, -0.05) is 12.1 Å². The van der Waals surface area contributed by atoms with Crippen LogP contribution in [0.3, 0.4) is 0 Å². The second-order valence-corrected chi connectivity index (χ2v) is 9.47. The van der Waals surface area contributed by atoms with Gasteiger partial charge in [0, 0.05) is 55.0 Å². The highest BCUT2D eigenvalue weighted by molar-refractivity contribution is 6.36. The Balaban J connectivity index is 1.43. The maximum absolute atomic E-state index is 13.1. The molecule has 0 saturated carbocycles. The largest absolute Gasteiger partial charge is 0.444 e. The Morgan fingerprint density at radius 1 is 0.853 bits per heavy atom. The lowest BCUT2D eigenvalue weighted by atomic mass is 10.1. The van der Waals surface area contributed by atoms with Crippen LogP contribution in [0.1, 0.15) is 41.5 Å². The Morgan fingerprint density at radius 3 is 2.09 bits per heavy atom. The van der Waals surface area contributed by atoms with Crippen LogP contribution in [0.4, 0.5) is 16.2 Å². The van der Waals surface area contributed by atoms with Gasteiger partial charge in [0.25, 0.3) is 11.8 Å². The molecule has 0 radical (unpaired) electrons. The number of nitrogens with zero attached hydrogens (tertiary/aromatic N) is 4. The van der Waals surface area contributed by atoms with E-state index in [2.05, 4.69) is 9.88 Å². The van der Waals surface area contributed by atoms with Crippen molar-refractivity contribution in [1.29, 1.82) is 0 Å². The number of piperazine rings is 1. The molecule has 1 fully saturated rings. The van der Waals surface area contributed by atoms with Crippen LogP contribution < -0.4 is 9.80 Å². The monoisotopic (exact) mass is 458 g/mol. The maximum Gasteiger partial charge on any atom is 0.410 e. The second kappa shape index (κ2) is 8.13. The van der Waals surface area contributed by atoms with Gasteiger partial charge in [0.05, 0.1) is 16.8 Å². The van der Waals surface area contributed by atoms with E-state index in [1.54, 1.807) is 47.6 Å². The number of pyridine rings is 1. The van der Waals surface area contributed by atoms with Crippen LogP contribution in [0.2, 0.25) is 0 Å². The molecular weight excluding hydrogens is 432 g/mol.